The van der Waals surface area contributed by atoms with Crippen LogP contribution in [0.25, 0.3) is 0 Å². The van der Waals surface area contributed by atoms with Crippen LogP contribution in [0.2, 0.25) is 0 Å². The zero-order valence-corrected chi connectivity index (χ0v) is 13.5. The lowest BCUT2D eigenvalue weighted by Gasteiger charge is -2.09. The highest BCUT2D eigenvalue weighted by Gasteiger charge is 2.16. The van der Waals surface area contributed by atoms with Gasteiger partial charge in [-0.25, -0.2) is 4.72 Å². The van der Waals surface area contributed by atoms with E-state index in [0.717, 1.165) is 21.8 Å². The summed E-state index contributed by atoms with van der Waals surface area (Å²) in [6, 6.07) is -1.28. The topological polar surface area (TPSA) is 92.4 Å². The van der Waals surface area contributed by atoms with Crippen LogP contribution >= 0.6 is 66.7 Å². The fourth-order valence-electron chi connectivity index (χ4n) is 0.441. The number of carbonyl (C=O) groups excluding carboxylic acids is 1. The van der Waals surface area contributed by atoms with Gasteiger partial charge in [0.05, 0.1) is 6.04 Å². The molecule has 0 spiro atoms. The number of hydrogen-bond acceptors (Lipinski definition) is 10. The molecule has 0 aromatic heterocycles. The predicted molar refractivity (Wildman–Crippen MR) is 85.6 cm³/mol. The number of thiol groups is 2. The van der Waals surface area contributed by atoms with E-state index in [4.69, 9.17) is 10.8 Å². The Bertz CT molecular complexity index is 256. The molecular formula is C6H12N2O3S6. The molecule has 0 aliphatic heterocycles. The third-order valence-electron chi connectivity index (χ3n) is 1.35. The van der Waals surface area contributed by atoms with Crippen molar-refractivity contribution in [3.63, 3.8) is 0 Å². The van der Waals surface area contributed by atoms with Crippen molar-refractivity contribution in [2.24, 2.45) is 5.73 Å². The summed E-state index contributed by atoms with van der Waals surface area (Å²) in [6.45, 7) is 0. The lowest BCUT2D eigenvalue weighted by atomic mass is 10.4. The molecule has 0 radical (unpaired) electrons. The first kappa shape index (κ1) is 18.2. The van der Waals surface area contributed by atoms with Crippen LogP contribution in [0.5, 0.6) is 0 Å². The molecule has 0 aromatic carbocycles. The Morgan fingerprint density at radius 1 is 1.29 bits per heavy atom. The molecule has 0 amide bonds. The van der Waals surface area contributed by atoms with E-state index in [-0.39, 0.29) is 10.9 Å². The fourth-order valence-corrected chi connectivity index (χ4v) is 5.93. The van der Waals surface area contributed by atoms with Crippen molar-refractivity contribution in [2.45, 2.75) is 12.1 Å². The predicted octanol–water partition coefficient (Wildman–Crippen LogP) is 1.34. The quantitative estimate of drug-likeness (QED) is 0.182. The highest BCUT2D eigenvalue weighted by atomic mass is 33.7. The number of nitrogens with one attached hydrogen (secondary N) is 1. The van der Waals surface area contributed by atoms with E-state index >= 15 is 0 Å². The van der Waals surface area contributed by atoms with Gasteiger partial charge in [0.25, 0.3) is 0 Å². The van der Waals surface area contributed by atoms with Gasteiger partial charge in [-0.15, -0.1) is 0 Å². The zero-order valence-electron chi connectivity index (χ0n) is 8.44. The molecular weight excluding hydrogens is 340 g/mol. The molecule has 0 bridgehead atoms. The number of nitrogens with two attached hydrogens (primary N) is 1. The van der Waals surface area contributed by atoms with E-state index in [1.807, 2.05) is 0 Å². The van der Waals surface area contributed by atoms with Crippen LogP contribution in [0.3, 0.4) is 0 Å². The van der Waals surface area contributed by atoms with Crippen LogP contribution in [0.1, 0.15) is 0 Å². The maximum atomic E-state index is 11.3. The summed E-state index contributed by atoms with van der Waals surface area (Å²) in [5.74, 6) is -0.452. The van der Waals surface area contributed by atoms with Crippen LogP contribution in [-0.4, -0.2) is 39.8 Å². The SMILES string of the molecule is N[C@@H](CS)C(=O)SSSSN[C@@H](CS)C(=O)O. The number of carbonyl (C=O) groups is 2. The number of aliphatic carboxylic acids is 1. The smallest absolute Gasteiger partial charge is 0.322 e. The molecule has 100 valence electrons. The number of rotatable bonds is 9. The van der Waals surface area contributed by atoms with Crippen LogP contribution < -0.4 is 10.5 Å². The largest absolute Gasteiger partial charge is 0.480 e. The molecule has 17 heavy (non-hydrogen) atoms. The molecule has 0 aliphatic rings. The van der Waals surface area contributed by atoms with Crippen molar-refractivity contribution in [1.29, 1.82) is 0 Å². The Morgan fingerprint density at radius 2 is 1.94 bits per heavy atom. The lowest BCUT2D eigenvalue weighted by molar-refractivity contribution is -0.138. The fraction of sp³-hybridized carbons (Fsp3) is 0.667. The Kier molecular flexibility index (Phi) is 11.8. The minimum absolute atomic E-state index is 0.151. The number of hydrogen-bond donors (Lipinski definition) is 5. The summed E-state index contributed by atoms with van der Waals surface area (Å²) < 4.78 is 2.70. The molecule has 4 N–H and O–H groups in total. The monoisotopic (exact) mass is 352 g/mol. The van der Waals surface area contributed by atoms with Gasteiger partial charge in [0.2, 0.25) is 5.12 Å². The Hall–Kier alpha value is 1.16. The van der Waals surface area contributed by atoms with Gasteiger partial charge in [0.15, 0.2) is 0 Å². The van der Waals surface area contributed by atoms with E-state index in [9.17, 15) is 9.59 Å². The summed E-state index contributed by atoms with van der Waals surface area (Å²) in [6.07, 6.45) is 0. The molecule has 0 rings (SSSR count). The minimum Gasteiger partial charge on any atom is -0.480 e. The molecule has 0 aromatic rings. The van der Waals surface area contributed by atoms with E-state index in [1.165, 1.54) is 19.7 Å². The van der Waals surface area contributed by atoms with Gasteiger partial charge in [-0.1, -0.05) is 0 Å². The standard InChI is InChI=1S/C6H12N2O3S6/c7-3(1-12)6(11)14-16-17-15-8-4(2-13)5(9)10/h3-4,8,12-13H,1-2,7H2,(H,9,10)/t3-,4-/m0/s1. The average molecular weight is 353 g/mol. The van der Waals surface area contributed by atoms with E-state index in [2.05, 4.69) is 30.0 Å². The molecule has 5 nitrogen and oxygen atoms in total. The Labute approximate surface area is 126 Å². The first-order chi connectivity index (χ1) is 8.02. The lowest BCUT2D eigenvalue weighted by Crippen LogP contribution is -2.33. The molecule has 0 aliphatic carbocycles. The normalized spacial score (nSPS) is 14.3. The maximum absolute atomic E-state index is 11.3. The van der Waals surface area contributed by atoms with Gasteiger partial charge in [-0.05, 0) is 20.6 Å². The van der Waals surface area contributed by atoms with Gasteiger partial charge >= 0.3 is 5.97 Å². The molecule has 0 fully saturated rings. The summed E-state index contributed by atoms with van der Waals surface area (Å²) >= 11 is 7.81. The Balaban J connectivity index is 3.58. The summed E-state index contributed by atoms with van der Waals surface area (Å²) in [7, 11) is 4.64. The second-order valence-electron chi connectivity index (χ2n) is 2.60. The van der Waals surface area contributed by atoms with Crippen molar-refractivity contribution in [2.75, 3.05) is 11.5 Å². The van der Waals surface area contributed by atoms with Crippen molar-refractivity contribution < 1.29 is 14.7 Å². The van der Waals surface area contributed by atoms with Gasteiger partial charge < -0.3 is 10.8 Å². The van der Waals surface area contributed by atoms with Crippen LogP contribution in [-0.2, 0) is 9.59 Å². The first-order valence-corrected chi connectivity index (χ1v) is 10.3. The number of carboxylic acid groups (broad SMARTS) is 1. The van der Waals surface area contributed by atoms with Crippen LogP contribution in [0.4, 0.5) is 0 Å². The zero-order chi connectivity index (χ0) is 13.3. The molecule has 0 saturated heterocycles. The van der Waals surface area contributed by atoms with Gasteiger partial charge in [-0.3, -0.25) is 9.59 Å². The number of carboxylic acids is 1. The third kappa shape index (κ3) is 8.81. The highest BCUT2D eigenvalue weighted by Crippen LogP contribution is 2.42. The van der Waals surface area contributed by atoms with Gasteiger partial charge in [-0.2, -0.15) is 25.3 Å². The van der Waals surface area contributed by atoms with Gasteiger partial charge in [0.1, 0.15) is 6.04 Å². The van der Waals surface area contributed by atoms with E-state index < -0.39 is 18.1 Å². The average Bonchev–Trinajstić information content (AvgIpc) is 2.31. The minimum atomic E-state index is -0.959. The molecule has 0 heterocycles. The van der Waals surface area contributed by atoms with Crippen molar-refractivity contribution in [3.05, 3.63) is 0 Å². The molecule has 11 heteroatoms. The van der Waals surface area contributed by atoms with Crippen molar-refractivity contribution in [1.82, 2.24) is 4.72 Å². The maximum Gasteiger partial charge on any atom is 0.322 e. The molecule has 0 saturated carbocycles. The van der Waals surface area contributed by atoms with Crippen LogP contribution in [0, 0.1) is 0 Å². The van der Waals surface area contributed by atoms with Crippen molar-refractivity contribution >= 4 is 77.8 Å². The molecule has 2 atom stereocenters. The second-order valence-corrected chi connectivity index (χ2v) is 8.84. The first-order valence-electron chi connectivity index (χ1n) is 4.19. The third-order valence-corrected chi connectivity index (χ3v) is 7.73. The van der Waals surface area contributed by atoms with Crippen molar-refractivity contribution in [3.8, 4) is 0 Å². The summed E-state index contributed by atoms with van der Waals surface area (Å²) in [5, 5.41) is 8.55. The molecule has 0 unspecified atom stereocenters. The highest BCUT2D eigenvalue weighted by molar-refractivity contribution is 9.27. The summed E-state index contributed by atoms with van der Waals surface area (Å²) in [4.78, 5) is 21.9. The van der Waals surface area contributed by atoms with Crippen LogP contribution in [0.15, 0.2) is 0 Å². The Morgan fingerprint density at radius 3 is 2.41 bits per heavy atom. The van der Waals surface area contributed by atoms with E-state index in [0.29, 0.717) is 5.75 Å². The van der Waals surface area contributed by atoms with Gasteiger partial charge in [0, 0.05) is 32.3 Å². The second kappa shape index (κ2) is 11.0. The van der Waals surface area contributed by atoms with E-state index in [1.54, 1.807) is 0 Å². The summed E-state index contributed by atoms with van der Waals surface area (Å²) in [5.41, 5.74) is 5.46.